The minimum Gasteiger partial charge on any atom is -0.0750 e. The molecule has 0 atom stereocenters. The molecule has 58 valence electrons. The minimum atomic E-state index is 0.417. The topological polar surface area (TPSA) is 0 Å². The molecule has 0 N–H and O–H groups in total. The molecule has 0 unspecified atom stereocenters. The van der Waals surface area contributed by atoms with E-state index in [0.717, 1.165) is 11.8 Å². The van der Waals surface area contributed by atoms with Crippen LogP contribution in [0.1, 0.15) is 27.7 Å². The van der Waals surface area contributed by atoms with Gasteiger partial charge in [-0.05, 0) is 11.8 Å². The van der Waals surface area contributed by atoms with Crippen molar-refractivity contribution >= 4 is 9.52 Å². The van der Waals surface area contributed by atoms with Crippen LogP contribution in [0.3, 0.4) is 0 Å². The van der Waals surface area contributed by atoms with Gasteiger partial charge in [0.15, 0.2) is 0 Å². The molecular formula is C8H22Si. The second kappa shape index (κ2) is 8.22. The number of hydrogen-bond donors (Lipinski definition) is 0. The average Bonchev–Trinajstić information content (AvgIpc) is 1.68. The highest BCUT2D eigenvalue weighted by Gasteiger charge is 1.95. The first-order chi connectivity index (χ1) is 4.06. The summed E-state index contributed by atoms with van der Waals surface area (Å²) in [7, 11) is 0.417. The summed E-state index contributed by atoms with van der Waals surface area (Å²) in [6, 6.07) is 0. The Hall–Kier alpha value is 0.217. The highest BCUT2D eigenvalue weighted by Crippen LogP contribution is 2.05. The molecule has 0 aliphatic rings. The van der Waals surface area contributed by atoms with Crippen LogP contribution in [0.25, 0.3) is 0 Å². The number of hydrogen-bond acceptors (Lipinski definition) is 0. The zero-order chi connectivity index (χ0) is 7.86. The third-order valence-corrected chi connectivity index (χ3v) is 1.33. The van der Waals surface area contributed by atoms with Gasteiger partial charge in [-0.2, -0.15) is 0 Å². The highest BCUT2D eigenvalue weighted by atomic mass is 28.2. The van der Waals surface area contributed by atoms with Crippen LogP contribution < -0.4 is 0 Å². The van der Waals surface area contributed by atoms with E-state index in [2.05, 4.69) is 40.8 Å². The van der Waals surface area contributed by atoms with Crippen LogP contribution in [0.5, 0.6) is 0 Å². The molecule has 0 aliphatic carbocycles. The van der Waals surface area contributed by atoms with Crippen LogP contribution in [-0.2, 0) is 0 Å². The lowest BCUT2D eigenvalue weighted by atomic mass is 10.0. The first kappa shape index (κ1) is 11.9. The highest BCUT2D eigenvalue weighted by molar-refractivity contribution is 6.31. The molecule has 0 amide bonds. The van der Waals surface area contributed by atoms with E-state index in [1.165, 1.54) is 0 Å². The summed E-state index contributed by atoms with van der Waals surface area (Å²) in [5.74, 6) is 1.70. The molecule has 0 saturated carbocycles. The van der Waals surface area contributed by atoms with Crippen LogP contribution in [-0.4, -0.2) is 9.52 Å². The predicted octanol–water partition coefficient (Wildman–Crippen LogP) is 2.55. The molecule has 0 spiro atoms. The lowest BCUT2D eigenvalue weighted by Gasteiger charge is -2.05. The maximum atomic E-state index is 2.26. The van der Waals surface area contributed by atoms with Crippen LogP contribution >= 0.6 is 0 Å². The van der Waals surface area contributed by atoms with Gasteiger partial charge in [-0.1, -0.05) is 40.8 Å². The molecule has 0 aliphatic heterocycles. The van der Waals surface area contributed by atoms with E-state index in [9.17, 15) is 0 Å². The van der Waals surface area contributed by atoms with Gasteiger partial charge in [0.05, 0.1) is 0 Å². The molecule has 0 nitrogen and oxygen atoms in total. The zero-order valence-electron chi connectivity index (χ0n) is 7.86. The van der Waals surface area contributed by atoms with E-state index in [1.807, 2.05) is 0 Å². The Morgan fingerprint density at radius 3 is 0.889 bits per heavy atom. The molecule has 0 aromatic carbocycles. The maximum Gasteiger partial charge on any atom is 0.0135 e. The fourth-order valence-electron chi connectivity index (χ4n) is 0. The Morgan fingerprint density at radius 2 is 0.889 bits per heavy atom. The minimum absolute atomic E-state index is 0.417. The third-order valence-electron chi connectivity index (χ3n) is 1.33. The van der Waals surface area contributed by atoms with Crippen LogP contribution in [0, 0.1) is 11.8 Å². The Balaban J connectivity index is 0. The van der Waals surface area contributed by atoms with Crippen molar-refractivity contribution in [3.63, 3.8) is 0 Å². The molecule has 0 aromatic heterocycles. The fourth-order valence-corrected chi connectivity index (χ4v) is 0. The second-order valence-electron chi connectivity index (χ2n) is 3.20. The first-order valence-corrected chi connectivity index (χ1v) is 6.89. The Bertz CT molecular complexity index is 33.8. The van der Waals surface area contributed by atoms with Gasteiger partial charge in [0.2, 0.25) is 0 Å². The molecule has 0 radical (unpaired) electrons. The van der Waals surface area contributed by atoms with Crippen molar-refractivity contribution in [2.24, 2.45) is 11.8 Å². The van der Waals surface area contributed by atoms with Crippen molar-refractivity contribution < 1.29 is 0 Å². The zero-order valence-corrected chi connectivity index (χ0v) is 9.28. The van der Waals surface area contributed by atoms with Crippen LogP contribution in [0.15, 0.2) is 0 Å². The van der Waals surface area contributed by atoms with Gasteiger partial charge in [0.1, 0.15) is 0 Å². The van der Waals surface area contributed by atoms with E-state index in [4.69, 9.17) is 0 Å². The lowest BCUT2D eigenvalue weighted by molar-refractivity contribution is 0.457. The normalized spacial score (nSPS) is 9.33. The van der Waals surface area contributed by atoms with Gasteiger partial charge in [0, 0.05) is 9.52 Å². The summed E-state index contributed by atoms with van der Waals surface area (Å²) >= 11 is 0. The molecule has 9 heavy (non-hydrogen) atoms. The van der Waals surface area contributed by atoms with Crippen LogP contribution in [0.4, 0.5) is 0 Å². The molecule has 0 bridgehead atoms. The second-order valence-corrected chi connectivity index (χ2v) is 4.61. The van der Waals surface area contributed by atoms with E-state index in [-0.39, 0.29) is 0 Å². The summed E-state index contributed by atoms with van der Waals surface area (Å²) in [5, 5.41) is 0. The molecular weight excluding hydrogens is 124 g/mol. The van der Waals surface area contributed by atoms with Crippen LogP contribution in [0.2, 0.25) is 13.1 Å². The molecule has 1 heteroatoms. The standard InChI is InChI=1S/C6H14.C2H8Si/c1-5(2)6(3)4;1-3-2/h5-6H,1-4H3;3H2,1-2H3. The van der Waals surface area contributed by atoms with Crippen molar-refractivity contribution in [3.05, 3.63) is 0 Å². The summed E-state index contributed by atoms with van der Waals surface area (Å²) in [6.07, 6.45) is 0. The Kier molecular flexibility index (Phi) is 10.9. The van der Waals surface area contributed by atoms with Gasteiger partial charge in [0.25, 0.3) is 0 Å². The van der Waals surface area contributed by atoms with E-state index < -0.39 is 0 Å². The summed E-state index contributed by atoms with van der Waals surface area (Å²) < 4.78 is 0. The molecule has 0 rings (SSSR count). The molecule has 0 saturated heterocycles. The average molecular weight is 146 g/mol. The third kappa shape index (κ3) is 17.9. The quantitative estimate of drug-likeness (QED) is 0.499. The van der Waals surface area contributed by atoms with E-state index >= 15 is 0 Å². The summed E-state index contributed by atoms with van der Waals surface area (Å²) in [5.41, 5.74) is 0. The SMILES string of the molecule is CC(C)C(C)C.C[SiH2]C. The fraction of sp³-hybridized carbons (Fsp3) is 1.00. The van der Waals surface area contributed by atoms with Crippen molar-refractivity contribution in [3.8, 4) is 0 Å². The Labute approximate surface area is 62.9 Å². The first-order valence-electron chi connectivity index (χ1n) is 4.06. The van der Waals surface area contributed by atoms with Gasteiger partial charge < -0.3 is 0 Å². The van der Waals surface area contributed by atoms with Gasteiger partial charge in [-0.25, -0.2) is 0 Å². The molecule has 0 fully saturated rings. The molecule has 0 heterocycles. The van der Waals surface area contributed by atoms with Crippen molar-refractivity contribution in [2.45, 2.75) is 40.8 Å². The van der Waals surface area contributed by atoms with E-state index in [1.54, 1.807) is 0 Å². The smallest absolute Gasteiger partial charge is 0.0135 e. The largest absolute Gasteiger partial charge is 0.0750 e. The van der Waals surface area contributed by atoms with Crippen molar-refractivity contribution in [1.82, 2.24) is 0 Å². The van der Waals surface area contributed by atoms with Gasteiger partial charge in [-0.15, -0.1) is 0 Å². The monoisotopic (exact) mass is 146 g/mol. The summed E-state index contributed by atoms with van der Waals surface area (Å²) in [4.78, 5) is 0. The van der Waals surface area contributed by atoms with Gasteiger partial charge >= 0.3 is 0 Å². The van der Waals surface area contributed by atoms with Gasteiger partial charge in [-0.3, -0.25) is 0 Å². The molecule has 0 aromatic rings. The van der Waals surface area contributed by atoms with Crippen molar-refractivity contribution in [1.29, 1.82) is 0 Å². The van der Waals surface area contributed by atoms with Crippen molar-refractivity contribution in [2.75, 3.05) is 0 Å². The Morgan fingerprint density at radius 1 is 0.778 bits per heavy atom. The lowest BCUT2D eigenvalue weighted by Crippen LogP contribution is -1.95. The maximum absolute atomic E-state index is 2.26. The number of rotatable bonds is 1. The predicted molar refractivity (Wildman–Crippen MR) is 49.9 cm³/mol. The summed E-state index contributed by atoms with van der Waals surface area (Å²) in [6.45, 7) is 13.5. The van der Waals surface area contributed by atoms with E-state index in [0.29, 0.717) is 9.52 Å².